The number of para-hydroxylation sites is 2. The number of aryl methyl sites for hydroxylation is 2. The van der Waals surface area contributed by atoms with E-state index < -0.39 is 11.7 Å². The minimum absolute atomic E-state index is 0.0490. The summed E-state index contributed by atoms with van der Waals surface area (Å²) in [5, 5.41) is 3.22. The van der Waals surface area contributed by atoms with E-state index in [0.717, 1.165) is 27.7 Å². The van der Waals surface area contributed by atoms with Crippen molar-refractivity contribution in [1.29, 1.82) is 0 Å². The van der Waals surface area contributed by atoms with E-state index in [4.69, 9.17) is 4.74 Å². The molecule has 40 heavy (non-hydrogen) atoms. The summed E-state index contributed by atoms with van der Waals surface area (Å²) >= 11 is 0. The summed E-state index contributed by atoms with van der Waals surface area (Å²) in [4.78, 5) is 30.4. The Morgan fingerprint density at radius 3 is 2.05 bits per heavy atom. The van der Waals surface area contributed by atoms with Crippen LogP contribution >= 0.6 is 0 Å². The number of rotatable bonds is 7. The molecule has 0 bridgehead atoms. The second-order valence-electron chi connectivity index (χ2n) is 11.4. The van der Waals surface area contributed by atoms with Crippen LogP contribution in [0.4, 0.5) is 4.79 Å². The van der Waals surface area contributed by atoms with Gasteiger partial charge in [0.25, 0.3) is 0 Å². The van der Waals surface area contributed by atoms with Crippen molar-refractivity contribution in [2.75, 3.05) is 0 Å². The van der Waals surface area contributed by atoms with Gasteiger partial charge in [0.15, 0.2) is 0 Å². The van der Waals surface area contributed by atoms with Gasteiger partial charge in [-0.1, -0.05) is 78.7 Å². The van der Waals surface area contributed by atoms with Crippen LogP contribution in [-0.4, -0.2) is 26.7 Å². The van der Waals surface area contributed by atoms with Crippen LogP contribution in [0.3, 0.4) is 0 Å². The van der Waals surface area contributed by atoms with Gasteiger partial charge >= 0.3 is 6.09 Å². The van der Waals surface area contributed by atoms with Gasteiger partial charge in [0, 0.05) is 6.42 Å². The smallest absolute Gasteiger partial charge is 0.437 e. The van der Waals surface area contributed by atoms with Crippen molar-refractivity contribution >= 4 is 23.0 Å². The average Bonchev–Trinajstić information content (AvgIpc) is 3.20. The summed E-state index contributed by atoms with van der Waals surface area (Å²) in [6.45, 7) is 14.0. The Bertz CT molecular complexity index is 1550. The third-order valence-electron chi connectivity index (χ3n) is 6.90. The maximum Gasteiger partial charge on any atom is 0.437 e. The zero-order chi connectivity index (χ0) is 29.0. The Balaban J connectivity index is 1.97. The van der Waals surface area contributed by atoms with Crippen LogP contribution in [0, 0.1) is 13.8 Å². The topological polar surface area (TPSA) is 77.6 Å². The molecule has 2 amide bonds. The normalized spacial score (nSPS) is 13.7. The summed E-state index contributed by atoms with van der Waals surface area (Å²) in [5.41, 5.74) is 5.99. The molecule has 0 aliphatic rings. The van der Waals surface area contributed by atoms with E-state index in [2.05, 4.69) is 48.4 Å². The number of nitrogens with one attached hydrogen (secondary N) is 1. The van der Waals surface area contributed by atoms with E-state index >= 15 is 0 Å². The van der Waals surface area contributed by atoms with Crippen LogP contribution in [0.5, 0.6) is 0 Å². The van der Waals surface area contributed by atoms with Crippen LogP contribution in [0.2, 0.25) is 0 Å². The Morgan fingerprint density at radius 2 is 1.48 bits per heavy atom. The zero-order valence-corrected chi connectivity index (χ0v) is 24.6. The number of hydrogen-bond acceptors (Lipinski definition) is 3. The van der Waals surface area contributed by atoms with Crippen molar-refractivity contribution in [3.63, 3.8) is 0 Å². The minimum Gasteiger partial charge on any atom is -0.442 e. The maximum absolute atomic E-state index is 13.1. The Hall–Kier alpha value is -4.13. The van der Waals surface area contributed by atoms with Crippen molar-refractivity contribution in [1.82, 2.24) is 14.5 Å². The van der Waals surface area contributed by atoms with Gasteiger partial charge in [-0.25, -0.2) is 4.79 Å². The summed E-state index contributed by atoms with van der Waals surface area (Å²) in [7, 11) is 0. The van der Waals surface area contributed by atoms with Gasteiger partial charge in [-0.3, -0.25) is 4.79 Å². The fraction of sp³-hybridized carbons (Fsp3) is 0.364. The first-order valence-corrected chi connectivity index (χ1v) is 13.9. The second kappa shape index (κ2) is 11.9. The molecule has 7 heteroatoms. The molecule has 0 spiro atoms. The molecule has 0 fully saturated rings. The van der Waals surface area contributed by atoms with Gasteiger partial charge in [0.2, 0.25) is 11.5 Å². The van der Waals surface area contributed by atoms with Gasteiger partial charge in [0.1, 0.15) is 5.60 Å². The highest BCUT2D eigenvalue weighted by molar-refractivity contribution is 5.78. The summed E-state index contributed by atoms with van der Waals surface area (Å²) in [5.74, 6) is -0.0490. The predicted molar refractivity (Wildman–Crippen MR) is 159 cm³/mol. The van der Waals surface area contributed by atoms with Crippen LogP contribution < -0.4 is 10.9 Å². The largest absolute Gasteiger partial charge is 0.442 e. The molecule has 4 rings (SSSR count). The number of carbonyl (C=O) groups is 2. The van der Waals surface area contributed by atoms with Crippen molar-refractivity contribution in [3.05, 3.63) is 101 Å². The van der Waals surface area contributed by atoms with E-state index in [1.807, 2.05) is 92.3 Å². The standard InChI is InChI=1S/C33H40N4O3/c1-8-29(38)34-30(26-19-15-23(3)16-20-26)24(4)37-28-12-10-9-11-27(28)36(21-25-17-13-22(2)14-18-25)31(37)35-32(39)40-33(5,6)7/h9-20,24,30H,8,21H2,1-7H3,(H,34,38). The SMILES string of the molecule is CCC(=O)NC(c1ccc(C)cc1)C(C)n1c(=NC(=O)OC(C)(C)C)n(Cc2ccc(C)cc2)c2ccccc21. The highest BCUT2D eigenvalue weighted by atomic mass is 16.6. The van der Waals surface area contributed by atoms with Gasteiger partial charge < -0.3 is 19.2 Å². The van der Waals surface area contributed by atoms with Gasteiger partial charge in [0.05, 0.1) is 29.7 Å². The lowest BCUT2D eigenvalue weighted by atomic mass is 9.98. The van der Waals surface area contributed by atoms with Crippen LogP contribution in [0.1, 0.15) is 75.4 Å². The van der Waals surface area contributed by atoms with E-state index in [9.17, 15) is 9.59 Å². The van der Waals surface area contributed by atoms with Crippen LogP contribution in [-0.2, 0) is 16.1 Å². The number of fused-ring (bicyclic) bond motifs is 1. The summed E-state index contributed by atoms with van der Waals surface area (Å²) < 4.78 is 9.73. The fourth-order valence-corrected chi connectivity index (χ4v) is 4.84. The number of imidazole rings is 1. The fourth-order valence-electron chi connectivity index (χ4n) is 4.84. The number of ether oxygens (including phenoxy) is 1. The predicted octanol–water partition coefficient (Wildman–Crippen LogP) is 6.77. The van der Waals surface area contributed by atoms with E-state index in [1.165, 1.54) is 5.56 Å². The van der Waals surface area contributed by atoms with E-state index in [0.29, 0.717) is 18.6 Å². The first-order chi connectivity index (χ1) is 19.0. The highest BCUT2D eigenvalue weighted by Crippen LogP contribution is 2.29. The zero-order valence-electron chi connectivity index (χ0n) is 24.6. The number of aromatic nitrogens is 2. The molecule has 1 heterocycles. The number of amides is 2. The van der Waals surface area contributed by atoms with Crippen LogP contribution in [0.15, 0.2) is 77.8 Å². The van der Waals surface area contributed by atoms with Gasteiger partial charge in [-0.15, -0.1) is 4.99 Å². The molecule has 0 saturated carbocycles. The third kappa shape index (κ3) is 6.71. The number of benzene rings is 3. The molecule has 2 unspecified atom stereocenters. The monoisotopic (exact) mass is 540 g/mol. The van der Waals surface area contributed by atoms with Gasteiger partial charge in [-0.2, -0.15) is 0 Å². The molecule has 0 saturated heterocycles. The summed E-state index contributed by atoms with van der Waals surface area (Å²) in [6, 6.07) is 23.9. The van der Waals surface area contributed by atoms with Crippen molar-refractivity contribution < 1.29 is 14.3 Å². The Labute approximate surface area is 236 Å². The Morgan fingerprint density at radius 1 is 0.900 bits per heavy atom. The van der Waals surface area contributed by atoms with Crippen molar-refractivity contribution in [3.8, 4) is 0 Å². The lowest BCUT2D eigenvalue weighted by Gasteiger charge is -2.27. The molecule has 0 radical (unpaired) electrons. The number of hydrogen-bond donors (Lipinski definition) is 1. The lowest BCUT2D eigenvalue weighted by Crippen LogP contribution is -2.38. The number of carbonyl (C=O) groups excluding carboxylic acids is 2. The number of nitrogens with zero attached hydrogens (tertiary/aromatic N) is 3. The summed E-state index contributed by atoms with van der Waals surface area (Å²) in [6.07, 6.45) is -0.296. The van der Waals surface area contributed by atoms with Gasteiger partial charge in [-0.05, 0) is 64.8 Å². The molecule has 2 atom stereocenters. The average molecular weight is 541 g/mol. The molecule has 0 aliphatic carbocycles. The molecule has 7 nitrogen and oxygen atoms in total. The van der Waals surface area contributed by atoms with Crippen molar-refractivity contribution in [2.45, 2.75) is 79.1 Å². The maximum atomic E-state index is 13.1. The first-order valence-electron chi connectivity index (χ1n) is 13.9. The van der Waals surface area contributed by atoms with E-state index in [1.54, 1.807) is 0 Å². The Kier molecular flexibility index (Phi) is 8.62. The molecule has 1 N–H and O–H groups in total. The highest BCUT2D eigenvalue weighted by Gasteiger charge is 2.27. The molecule has 1 aromatic heterocycles. The molecule has 4 aromatic rings. The van der Waals surface area contributed by atoms with Crippen molar-refractivity contribution in [2.24, 2.45) is 4.99 Å². The third-order valence-corrected chi connectivity index (χ3v) is 6.90. The van der Waals surface area contributed by atoms with E-state index in [-0.39, 0.29) is 18.0 Å². The lowest BCUT2D eigenvalue weighted by molar-refractivity contribution is -0.121. The first kappa shape index (κ1) is 28.9. The minimum atomic E-state index is -0.690. The van der Waals surface area contributed by atoms with Crippen LogP contribution in [0.25, 0.3) is 11.0 Å². The molecule has 210 valence electrons. The molecular formula is C33H40N4O3. The quantitative estimate of drug-likeness (QED) is 0.281. The second-order valence-corrected chi connectivity index (χ2v) is 11.4. The molecule has 3 aromatic carbocycles. The molecule has 0 aliphatic heterocycles. The molecular weight excluding hydrogens is 500 g/mol.